The molecule has 3 N–H and O–H groups in total. The van der Waals surface area contributed by atoms with Crippen LogP contribution in [0.25, 0.3) is 0 Å². The van der Waals surface area contributed by atoms with E-state index in [-0.39, 0.29) is 12.6 Å². The van der Waals surface area contributed by atoms with E-state index < -0.39 is 18.3 Å². The molecule has 0 aliphatic heterocycles. The van der Waals surface area contributed by atoms with Gasteiger partial charge in [-0.05, 0) is 40.2 Å². The van der Waals surface area contributed by atoms with Gasteiger partial charge in [0.1, 0.15) is 0 Å². The fourth-order valence-electron chi connectivity index (χ4n) is 1.52. The lowest BCUT2D eigenvalue weighted by Gasteiger charge is -2.29. The molecular weight excluding hydrogens is 233 g/mol. The molecule has 6 heteroatoms. The molecule has 0 heterocycles. The predicted octanol–water partition coefficient (Wildman–Crippen LogP) is 1.75. The van der Waals surface area contributed by atoms with E-state index in [0.717, 1.165) is 0 Å². The third-order valence-electron chi connectivity index (χ3n) is 2.67. The van der Waals surface area contributed by atoms with Gasteiger partial charge in [0.25, 0.3) is 0 Å². The molecule has 0 aromatic rings. The summed E-state index contributed by atoms with van der Waals surface area (Å²) < 4.78 is 36.9. The Hall–Kier alpha value is -0.330. The molecular formula is C11H23F3N2O. The van der Waals surface area contributed by atoms with Crippen molar-refractivity contribution >= 4 is 0 Å². The number of alkyl halides is 3. The van der Waals surface area contributed by atoms with Crippen molar-refractivity contribution in [2.45, 2.75) is 51.4 Å². The minimum absolute atomic E-state index is 0.158. The van der Waals surface area contributed by atoms with Gasteiger partial charge in [-0.1, -0.05) is 0 Å². The monoisotopic (exact) mass is 256 g/mol. The maximum absolute atomic E-state index is 12.3. The highest BCUT2D eigenvalue weighted by atomic mass is 19.4. The van der Waals surface area contributed by atoms with Crippen molar-refractivity contribution in [3.63, 3.8) is 0 Å². The number of nitrogens with two attached hydrogens (primary N) is 1. The normalized spacial score (nSPS) is 16.6. The number of hydrogen-bond acceptors (Lipinski definition) is 3. The first-order chi connectivity index (χ1) is 7.57. The zero-order chi connectivity index (χ0) is 13.7. The van der Waals surface area contributed by atoms with E-state index in [1.807, 2.05) is 0 Å². The molecule has 0 saturated heterocycles. The van der Waals surface area contributed by atoms with Gasteiger partial charge in [-0.25, -0.2) is 0 Å². The Morgan fingerprint density at radius 3 is 2.18 bits per heavy atom. The molecule has 0 saturated carbocycles. The summed E-state index contributed by atoms with van der Waals surface area (Å²) in [6, 6.07) is -0.158. The van der Waals surface area contributed by atoms with Crippen molar-refractivity contribution in [1.29, 1.82) is 0 Å². The van der Waals surface area contributed by atoms with E-state index in [4.69, 9.17) is 10.8 Å². The fourth-order valence-corrected chi connectivity index (χ4v) is 1.52. The molecule has 0 fully saturated rings. The Bertz CT molecular complexity index is 217. The fraction of sp³-hybridized carbons (Fsp3) is 1.00. The van der Waals surface area contributed by atoms with Gasteiger partial charge in [-0.3, -0.25) is 4.90 Å². The second kappa shape index (κ2) is 6.56. The van der Waals surface area contributed by atoms with Crippen LogP contribution in [-0.2, 0) is 0 Å². The summed E-state index contributed by atoms with van der Waals surface area (Å²) in [7, 11) is 0. The Morgan fingerprint density at radius 1 is 1.29 bits per heavy atom. The maximum atomic E-state index is 12.3. The van der Waals surface area contributed by atoms with Crippen LogP contribution in [0.1, 0.15) is 33.6 Å². The summed E-state index contributed by atoms with van der Waals surface area (Å²) in [5.74, 6) is 0. The largest absolute Gasteiger partial charge is 0.401 e. The molecule has 104 valence electrons. The van der Waals surface area contributed by atoms with Crippen LogP contribution in [0.15, 0.2) is 0 Å². The van der Waals surface area contributed by atoms with E-state index in [2.05, 4.69) is 0 Å². The summed E-state index contributed by atoms with van der Waals surface area (Å²) in [4.78, 5) is 1.37. The van der Waals surface area contributed by atoms with Crippen molar-refractivity contribution in [3.05, 3.63) is 0 Å². The lowest BCUT2D eigenvalue weighted by molar-refractivity contribution is -0.149. The number of nitrogens with zero attached hydrogens (tertiary/aromatic N) is 1. The van der Waals surface area contributed by atoms with Gasteiger partial charge in [0.05, 0.1) is 13.2 Å². The van der Waals surface area contributed by atoms with Crippen molar-refractivity contribution in [2.75, 3.05) is 19.7 Å². The molecule has 1 atom stereocenters. The van der Waals surface area contributed by atoms with Gasteiger partial charge in [0.15, 0.2) is 0 Å². The van der Waals surface area contributed by atoms with Crippen molar-refractivity contribution in [2.24, 2.45) is 5.73 Å². The van der Waals surface area contributed by atoms with E-state index >= 15 is 0 Å². The minimum atomic E-state index is -4.17. The molecule has 0 amide bonds. The second-order valence-electron chi connectivity index (χ2n) is 5.10. The number of aliphatic hydroxyl groups is 1. The number of halogens is 3. The molecule has 0 bridgehead atoms. The predicted molar refractivity (Wildman–Crippen MR) is 61.7 cm³/mol. The van der Waals surface area contributed by atoms with Crippen LogP contribution in [-0.4, -0.2) is 47.5 Å². The van der Waals surface area contributed by atoms with Crippen LogP contribution in [0.3, 0.4) is 0 Å². The average Bonchev–Trinajstić information content (AvgIpc) is 2.14. The zero-order valence-electron chi connectivity index (χ0n) is 10.7. The van der Waals surface area contributed by atoms with Crippen molar-refractivity contribution in [3.8, 4) is 0 Å². The van der Waals surface area contributed by atoms with Gasteiger partial charge in [-0.2, -0.15) is 13.2 Å². The number of rotatable bonds is 7. The second-order valence-corrected chi connectivity index (χ2v) is 5.10. The summed E-state index contributed by atoms with van der Waals surface area (Å²) >= 11 is 0. The topological polar surface area (TPSA) is 49.5 Å². The van der Waals surface area contributed by atoms with Gasteiger partial charge in [-0.15, -0.1) is 0 Å². The van der Waals surface area contributed by atoms with Crippen molar-refractivity contribution < 1.29 is 18.3 Å². The van der Waals surface area contributed by atoms with E-state index in [1.165, 1.54) is 4.90 Å². The Balaban J connectivity index is 4.11. The molecule has 0 aliphatic carbocycles. The van der Waals surface area contributed by atoms with Crippen LogP contribution in [0.4, 0.5) is 13.2 Å². The molecule has 0 rings (SSSR count). The standard InChI is InChI=1S/C11H23F3N2O/c1-9(2)16(7-11(12,13)14)6-4-5-10(3,15)8-17/h9,17H,4-8,15H2,1-3H3. The maximum Gasteiger partial charge on any atom is 0.401 e. The van der Waals surface area contributed by atoms with Crippen LogP contribution < -0.4 is 5.73 Å². The third kappa shape index (κ3) is 8.40. The van der Waals surface area contributed by atoms with E-state index in [0.29, 0.717) is 19.4 Å². The summed E-state index contributed by atoms with van der Waals surface area (Å²) in [6.07, 6.45) is -3.13. The minimum Gasteiger partial charge on any atom is -0.394 e. The lowest BCUT2D eigenvalue weighted by atomic mass is 9.98. The van der Waals surface area contributed by atoms with E-state index in [9.17, 15) is 13.2 Å². The molecule has 0 aliphatic rings. The average molecular weight is 256 g/mol. The Kier molecular flexibility index (Phi) is 6.43. The smallest absolute Gasteiger partial charge is 0.394 e. The first-order valence-electron chi connectivity index (χ1n) is 5.78. The van der Waals surface area contributed by atoms with Gasteiger partial charge in [0, 0.05) is 11.6 Å². The number of aliphatic hydroxyl groups excluding tert-OH is 1. The molecule has 17 heavy (non-hydrogen) atoms. The highest BCUT2D eigenvalue weighted by molar-refractivity contribution is 4.78. The van der Waals surface area contributed by atoms with Crippen LogP contribution in [0, 0.1) is 0 Å². The van der Waals surface area contributed by atoms with Gasteiger partial charge >= 0.3 is 6.18 Å². The highest BCUT2D eigenvalue weighted by Crippen LogP contribution is 2.19. The van der Waals surface area contributed by atoms with Crippen molar-refractivity contribution in [1.82, 2.24) is 4.90 Å². The van der Waals surface area contributed by atoms with Crippen LogP contribution in [0.5, 0.6) is 0 Å². The zero-order valence-corrected chi connectivity index (χ0v) is 10.7. The van der Waals surface area contributed by atoms with Crippen LogP contribution >= 0.6 is 0 Å². The summed E-state index contributed by atoms with van der Waals surface area (Å²) in [6.45, 7) is 4.44. The summed E-state index contributed by atoms with van der Waals surface area (Å²) in [5, 5.41) is 8.94. The molecule has 0 radical (unpaired) electrons. The quantitative estimate of drug-likeness (QED) is 0.729. The van der Waals surface area contributed by atoms with Gasteiger partial charge in [0.2, 0.25) is 0 Å². The van der Waals surface area contributed by atoms with E-state index in [1.54, 1.807) is 20.8 Å². The molecule has 1 unspecified atom stereocenters. The highest BCUT2D eigenvalue weighted by Gasteiger charge is 2.31. The first kappa shape index (κ1) is 16.7. The lowest BCUT2D eigenvalue weighted by Crippen LogP contribution is -2.43. The van der Waals surface area contributed by atoms with Crippen LogP contribution in [0.2, 0.25) is 0 Å². The SMILES string of the molecule is CC(C)N(CCCC(C)(N)CO)CC(F)(F)F. The third-order valence-corrected chi connectivity index (χ3v) is 2.67. The summed E-state index contributed by atoms with van der Waals surface area (Å²) in [5.41, 5.74) is 5.01. The Labute approximate surface area is 101 Å². The molecule has 0 aromatic carbocycles. The number of hydrogen-bond donors (Lipinski definition) is 2. The van der Waals surface area contributed by atoms with Gasteiger partial charge < -0.3 is 10.8 Å². The first-order valence-corrected chi connectivity index (χ1v) is 5.78. The molecule has 3 nitrogen and oxygen atoms in total. The molecule has 0 aromatic heterocycles. The molecule has 0 spiro atoms. The Morgan fingerprint density at radius 2 is 1.82 bits per heavy atom.